The van der Waals surface area contributed by atoms with Crippen molar-refractivity contribution in [3.8, 4) is 0 Å². The molecule has 0 aliphatic heterocycles. The van der Waals surface area contributed by atoms with E-state index in [1.165, 1.54) is 0 Å². The molecule has 0 fully saturated rings. The number of hydrogen-bond acceptors (Lipinski definition) is 0. The molecule has 0 aromatic heterocycles. The SMILES string of the molecule is [F][Al-]([F])([F])[F].[F][Al-]([F])([F])[F].[F][Al-]([F])([F])[F].[F][Al-]([F])([F])[F].[F][Al-]([F])([F])[F].[F][Al-]([F])([F])[F].[H-].[Li+]. The molecule has 0 heterocycles. The van der Waals surface area contributed by atoms with Gasteiger partial charge in [-0.25, -0.2) is 0 Å². The molecule has 194 valence electrons. The van der Waals surface area contributed by atoms with Crippen LogP contribution in [0.5, 0.6) is 0 Å². The monoisotopic (exact) mass is 626 g/mol. The number of rotatable bonds is 0. The molecule has 0 saturated carbocycles. The first-order valence-electron chi connectivity index (χ1n) is 5.24. The van der Waals surface area contributed by atoms with Crippen LogP contribution in [0.2, 0.25) is 0 Å². The fourth-order valence-electron chi connectivity index (χ4n) is 0. The molecular weight excluding hydrogens is 625 g/mol. The van der Waals surface area contributed by atoms with E-state index in [0.717, 1.165) is 0 Å². The van der Waals surface area contributed by atoms with Gasteiger partial charge >= 0.3 is 108 Å². The summed E-state index contributed by atoms with van der Waals surface area (Å²) in [5.74, 6) is 0. The van der Waals surface area contributed by atoms with Crippen molar-refractivity contribution in [1.29, 1.82) is 0 Å². The Kier molecular flexibility index (Phi) is 34.6. The summed E-state index contributed by atoms with van der Waals surface area (Å²) < 4.78 is 236. The Labute approximate surface area is 193 Å². The molecule has 0 unspecified atom stereocenters. The minimum atomic E-state index is -6.83. The molecule has 0 aromatic carbocycles. The van der Waals surface area contributed by atoms with Crippen LogP contribution in [0.4, 0.5) is 84.6 Å². The molecule has 0 bridgehead atoms. The molecule has 0 atom stereocenters. The predicted molar refractivity (Wildman–Crippen MR) is 62.2 cm³/mol. The van der Waals surface area contributed by atoms with Crippen LogP contribution in [-0.2, 0) is 0 Å². The van der Waals surface area contributed by atoms with E-state index in [4.69, 9.17) is 0 Å². The molecule has 0 N–H and O–H groups in total. The van der Waals surface area contributed by atoms with Gasteiger partial charge in [-0.3, -0.25) is 0 Å². The van der Waals surface area contributed by atoms with Crippen LogP contribution in [0, 0.1) is 0 Å². The third kappa shape index (κ3) is 6530. The number of hydrogen-bond donors (Lipinski definition) is 0. The van der Waals surface area contributed by atoms with Gasteiger partial charge in [0.2, 0.25) is 0 Å². The largest absolute Gasteiger partial charge is 1.04 e. The van der Waals surface area contributed by atoms with Gasteiger partial charge < -0.3 is 86.0 Å². The molecule has 31 heavy (non-hydrogen) atoms. The van der Waals surface area contributed by atoms with Crippen molar-refractivity contribution in [2.24, 2.45) is 0 Å². The zero-order valence-electron chi connectivity index (χ0n) is 14.5. The third-order valence-corrected chi connectivity index (χ3v) is 0. The molecule has 0 amide bonds. The van der Waals surface area contributed by atoms with Gasteiger partial charge in [0, 0.05) is 0 Å². The summed E-state index contributed by atoms with van der Waals surface area (Å²) in [6.07, 6.45) is 0. The fraction of sp³-hybridized carbons (Fsp3) is 0. The molecule has 0 nitrogen and oxygen atoms in total. The van der Waals surface area contributed by atoms with Gasteiger partial charge in [0.25, 0.3) is 0 Å². The molecule has 31 heteroatoms. The second-order valence-corrected chi connectivity index (χ2v) is 8.91. The maximum atomic E-state index is 9.85. The maximum absolute atomic E-state index is 9.85. The van der Waals surface area contributed by atoms with Gasteiger partial charge in [-0.15, -0.1) is 0 Å². The Hall–Kier alpha value is 2.11. The summed E-state index contributed by atoms with van der Waals surface area (Å²) in [6, 6.07) is 0. The summed E-state index contributed by atoms with van der Waals surface area (Å²) in [5.41, 5.74) is 0. The van der Waals surface area contributed by atoms with Crippen LogP contribution in [0.25, 0.3) is 0 Å². The van der Waals surface area contributed by atoms with Gasteiger partial charge in [-0.1, -0.05) is 0 Å². The average molecular weight is 626 g/mol. The Morgan fingerprint density at radius 2 is 0.194 bits per heavy atom. The van der Waals surface area contributed by atoms with Crippen molar-refractivity contribution < 1.29 is 105 Å². The topological polar surface area (TPSA) is 0 Å². The van der Waals surface area contributed by atoms with E-state index < -0.39 is 89.5 Å². The van der Waals surface area contributed by atoms with E-state index in [-0.39, 0.29) is 20.3 Å². The van der Waals surface area contributed by atoms with Crippen LogP contribution < -0.4 is 18.9 Å². The summed E-state index contributed by atoms with van der Waals surface area (Å²) in [5, 5.41) is 0. The number of halogens is 24. The molecule has 0 aliphatic rings. The maximum Gasteiger partial charge on any atom is 1.04 e. The van der Waals surface area contributed by atoms with E-state index in [1.807, 2.05) is 0 Å². The molecule has 0 saturated heterocycles. The second-order valence-electron chi connectivity index (χ2n) is 2.97. The molecule has 0 aromatic rings. The predicted octanol–water partition coefficient (Wildman–Crippen LogP) is 4.92. The summed E-state index contributed by atoms with van der Waals surface area (Å²) in [6.45, 7) is 0. The summed E-state index contributed by atoms with van der Waals surface area (Å²) >= 11 is -41.0. The first-order valence-corrected chi connectivity index (χ1v) is 15.7. The quantitative estimate of drug-likeness (QED) is 0.265. The molecule has 0 rings (SSSR count). The smallest absolute Gasteiger partial charge is 1.00 e. The first-order chi connectivity index (χ1) is 12.0. The Morgan fingerprint density at radius 3 is 0.194 bits per heavy atom. The van der Waals surface area contributed by atoms with Crippen molar-refractivity contribution in [3.05, 3.63) is 0 Å². The van der Waals surface area contributed by atoms with Crippen LogP contribution >= 0.6 is 0 Å². The molecule has 0 aliphatic carbocycles. The second kappa shape index (κ2) is 21.4. The van der Waals surface area contributed by atoms with Gasteiger partial charge in [-0.05, 0) is 0 Å². The van der Waals surface area contributed by atoms with Gasteiger partial charge in [0.15, 0.2) is 0 Å². The standard InChI is InChI=1S/6Al.24FH.Li.H/h;;;;;;24*1H;;/q6*+3;;;;;;;;;;;;;;;;;;;;;;;;;+1;-1/p-24. The molecule has 0 spiro atoms. The Balaban J connectivity index is -0.0000000356. The van der Waals surface area contributed by atoms with Gasteiger partial charge in [0.1, 0.15) is 0 Å². The third-order valence-electron chi connectivity index (χ3n) is 0. The van der Waals surface area contributed by atoms with E-state index in [0.29, 0.717) is 0 Å². The van der Waals surface area contributed by atoms with Gasteiger partial charge in [-0.2, -0.15) is 0 Å². The van der Waals surface area contributed by atoms with Crippen LogP contribution in [0.15, 0.2) is 0 Å². The van der Waals surface area contributed by atoms with E-state index in [9.17, 15) is 84.6 Å². The van der Waals surface area contributed by atoms with Crippen molar-refractivity contribution in [2.45, 2.75) is 0 Å². The minimum absolute atomic E-state index is 0. The van der Waals surface area contributed by atoms with Gasteiger partial charge in [0.05, 0.1) is 0 Å². The van der Waals surface area contributed by atoms with Crippen molar-refractivity contribution in [2.75, 3.05) is 0 Å². The van der Waals surface area contributed by atoms with E-state index >= 15 is 0 Å². The Morgan fingerprint density at radius 1 is 0.194 bits per heavy atom. The fourth-order valence-corrected chi connectivity index (χ4v) is 0. The van der Waals surface area contributed by atoms with Crippen molar-refractivity contribution in [3.63, 3.8) is 0 Å². The first kappa shape index (κ1) is 50.1. The average Bonchev–Trinajstić information content (AvgIpc) is 1.94. The zero-order chi connectivity index (χ0) is 27.0. The normalized spacial score (nSPS) is 11.6. The van der Waals surface area contributed by atoms with Crippen LogP contribution in [0.1, 0.15) is 1.43 Å². The zero-order valence-corrected chi connectivity index (χ0v) is 20.5. The van der Waals surface area contributed by atoms with Crippen molar-refractivity contribution >= 4 is 89.5 Å². The Bertz CT molecular complexity index is 221. The summed E-state index contributed by atoms with van der Waals surface area (Å²) in [4.78, 5) is 0. The van der Waals surface area contributed by atoms with E-state index in [1.54, 1.807) is 0 Å². The van der Waals surface area contributed by atoms with Crippen LogP contribution in [0.3, 0.4) is 0 Å². The van der Waals surface area contributed by atoms with E-state index in [2.05, 4.69) is 0 Å². The molecular formula is HAl6F24Li-6. The van der Waals surface area contributed by atoms with Crippen LogP contribution in [-0.4, -0.2) is 89.5 Å². The molecule has 0 radical (unpaired) electrons. The minimum Gasteiger partial charge on any atom is -1.00 e. The van der Waals surface area contributed by atoms with Crippen molar-refractivity contribution in [1.82, 2.24) is 0 Å². The summed E-state index contributed by atoms with van der Waals surface area (Å²) in [7, 11) is 0.